The number of hydrogen-bond donors (Lipinski definition) is 1. The Kier molecular flexibility index (Phi) is 3.87. The summed E-state index contributed by atoms with van der Waals surface area (Å²) in [4.78, 5) is 24.3. The molecule has 5 nitrogen and oxygen atoms in total. The highest BCUT2D eigenvalue weighted by Gasteiger charge is 2.51. The van der Waals surface area contributed by atoms with Crippen molar-refractivity contribution in [2.24, 2.45) is 29.6 Å². The van der Waals surface area contributed by atoms with E-state index in [-0.39, 0.29) is 24.4 Å². The third-order valence-electron chi connectivity index (χ3n) is 5.88. The molecule has 0 unspecified atom stereocenters. The van der Waals surface area contributed by atoms with Crippen molar-refractivity contribution in [3.8, 4) is 0 Å². The van der Waals surface area contributed by atoms with Crippen LogP contribution in [0.3, 0.4) is 0 Å². The Morgan fingerprint density at radius 3 is 2.43 bits per heavy atom. The molecule has 4 bridgehead atoms. The largest absolute Gasteiger partial charge is 0.467 e. The Labute approximate surface area is 135 Å². The normalized spacial score (nSPS) is 34.3. The van der Waals surface area contributed by atoms with Crippen molar-refractivity contribution in [2.45, 2.75) is 38.6 Å². The summed E-state index contributed by atoms with van der Waals surface area (Å²) in [7, 11) is 0. The predicted molar refractivity (Wildman–Crippen MR) is 82.0 cm³/mol. The number of rotatable bonds is 5. The van der Waals surface area contributed by atoms with Crippen molar-refractivity contribution in [3.63, 3.8) is 0 Å². The molecular formula is C18H23NO4. The second-order valence-corrected chi connectivity index (χ2v) is 7.42. The molecule has 0 atom stereocenters. The van der Waals surface area contributed by atoms with Crippen LogP contribution >= 0.6 is 0 Å². The van der Waals surface area contributed by atoms with Crippen LogP contribution in [0.4, 0.5) is 0 Å². The Balaban J connectivity index is 1.26. The minimum absolute atomic E-state index is 0.0284. The van der Waals surface area contributed by atoms with Crippen LogP contribution < -0.4 is 5.32 Å². The van der Waals surface area contributed by atoms with Gasteiger partial charge in [0, 0.05) is 0 Å². The molecule has 23 heavy (non-hydrogen) atoms. The van der Waals surface area contributed by atoms with Crippen LogP contribution in [0, 0.1) is 29.6 Å². The van der Waals surface area contributed by atoms with Gasteiger partial charge < -0.3 is 14.5 Å². The van der Waals surface area contributed by atoms with Crippen LogP contribution in [0.1, 0.15) is 37.9 Å². The predicted octanol–water partition coefficient (Wildman–Crippen LogP) is 2.51. The van der Waals surface area contributed by atoms with Crippen molar-refractivity contribution in [1.82, 2.24) is 5.32 Å². The van der Waals surface area contributed by atoms with E-state index in [0.29, 0.717) is 24.1 Å². The first kappa shape index (κ1) is 14.8. The first-order valence-corrected chi connectivity index (χ1v) is 8.64. The van der Waals surface area contributed by atoms with Crippen molar-refractivity contribution in [2.75, 3.05) is 6.61 Å². The molecule has 1 aromatic rings. The summed E-state index contributed by atoms with van der Waals surface area (Å²) in [5.74, 6) is 2.92. The topological polar surface area (TPSA) is 68.5 Å². The average molecular weight is 317 g/mol. The van der Waals surface area contributed by atoms with Gasteiger partial charge in [0.1, 0.15) is 5.76 Å². The van der Waals surface area contributed by atoms with E-state index in [1.54, 1.807) is 18.4 Å². The number of hydrogen-bond acceptors (Lipinski definition) is 4. The van der Waals surface area contributed by atoms with Gasteiger partial charge in [-0.05, 0) is 67.9 Å². The van der Waals surface area contributed by atoms with Gasteiger partial charge in [-0.2, -0.15) is 0 Å². The molecule has 1 amide bonds. The van der Waals surface area contributed by atoms with Crippen LogP contribution in [0.5, 0.6) is 0 Å². The first-order chi connectivity index (χ1) is 11.2. The van der Waals surface area contributed by atoms with Crippen molar-refractivity contribution >= 4 is 11.9 Å². The highest BCUT2D eigenvalue weighted by molar-refractivity contribution is 5.81. The summed E-state index contributed by atoms with van der Waals surface area (Å²) in [6.45, 7) is 0.129. The number of esters is 1. The molecule has 0 spiro atoms. The summed E-state index contributed by atoms with van der Waals surface area (Å²) in [6.07, 6.45) is 7.64. The summed E-state index contributed by atoms with van der Waals surface area (Å²) in [5.41, 5.74) is 0. The van der Waals surface area contributed by atoms with Crippen LogP contribution in [0.2, 0.25) is 0 Å². The molecular weight excluding hydrogens is 294 g/mol. The van der Waals surface area contributed by atoms with Gasteiger partial charge in [-0.25, -0.2) is 0 Å². The fourth-order valence-electron chi connectivity index (χ4n) is 5.19. The number of ether oxygens (including phenoxy) is 1. The van der Waals surface area contributed by atoms with Gasteiger partial charge in [0.05, 0.1) is 18.7 Å². The Bertz CT molecular complexity index is 552. The molecule has 1 aromatic heterocycles. The van der Waals surface area contributed by atoms with Crippen LogP contribution in [-0.2, 0) is 20.9 Å². The fourth-order valence-corrected chi connectivity index (χ4v) is 5.19. The summed E-state index contributed by atoms with van der Waals surface area (Å²) in [6, 6.07) is 3.56. The zero-order valence-electron chi connectivity index (χ0n) is 13.2. The van der Waals surface area contributed by atoms with E-state index in [9.17, 15) is 9.59 Å². The van der Waals surface area contributed by atoms with Gasteiger partial charge >= 0.3 is 5.97 Å². The van der Waals surface area contributed by atoms with Gasteiger partial charge in [0.2, 0.25) is 0 Å². The second-order valence-electron chi connectivity index (χ2n) is 7.42. The quantitative estimate of drug-likeness (QED) is 0.847. The summed E-state index contributed by atoms with van der Waals surface area (Å²) in [5, 5.41) is 2.70. The SMILES string of the molecule is O=C(COC(=O)C1C2CC3CC(C2)CC1C3)NCc1ccco1. The number of carbonyl (C=O) groups excluding carboxylic acids is 2. The number of amides is 1. The molecule has 4 aliphatic carbocycles. The van der Waals surface area contributed by atoms with Crippen molar-refractivity contribution in [3.05, 3.63) is 24.2 Å². The van der Waals surface area contributed by atoms with E-state index in [1.807, 2.05) is 0 Å². The Morgan fingerprint density at radius 2 is 1.83 bits per heavy atom. The third-order valence-corrected chi connectivity index (χ3v) is 5.88. The monoisotopic (exact) mass is 317 g/mol. The van der Waals surface area contributed by atoms with Gasteiger partial charge in [-0.1, -0.05) is 0 Å². The molecule has 0 aromatic carbocycles. The minimum atomic E-state index is -0.279. The van der Waals surface area contributed by atoms with Crippen LogP contribution in [-0.4, -0.2) is 18.5 Å². The smallest absolute Gasteiger partial charge is 0.310 e. The molecule has 0 radical (unpaired) electrons. The minimum Gasteiger partial charge on any atom is -0.467 e. The standard InChI is InChI=1S/C18H23NO4/c20-16(19-9-15-2-1-3-22-15)10-23-18(21)17-13-5-11-4-12(7-13)8-14(17)6-11/h1-3,11-14,17H,4-10H2,(H,19,20). The van der Waals surface area contributed by atoms with Gasteiger partial charge in [0.25, 0.3) is 5.91 Å². The molecule has 124 valence electrons. The van der Waals surface area contributed by atoms with E-state index in [0.717, 1.165) is 11.8 Å². The van der Waals surface area contributed by atoms with Crippen LogP contribution in [0.25, 0.3) is 0 Å². The van der Waals surface area contributed by atoms with Gasteiger partial charge in [-0.15, -0.1) is 0 Å². The Morgan fingerprint density at radius 1 is 1.13 bits per heavy atom. The highest BCUT2D eigenvalue weighted by atomic mass is 16.5. The lowest BCUT2D eigenvalue weighted by Crippen LogP contribution is -2.48. The molecule has 4 fully saturated rings. The number of furan rings is 1. The number of carbonyl (C=O) groups is 2. The molecule has 1 N–H and O–H groups in total. The first-order valence-electron chi connectivity index (χ1n) is 8.64. The maximum atomic E-state index is 12.4. The molecule has 4 aliphatic rings. The van der Waals surface area contributed by atoms with Gasteiger partial charge in [0.15, 0.2) is 6.61 Å². The molecule has 5 heteroatoms. The second kappa shape index (κ2) is 6.02. The number of nitrogens with one attached hydrogen (secondary N) is 1. The zero-order valence-corrected chi connectivity index (χ0v) is 13.2. The summed E-state index contributed by atoms with van der Waals surface area (Å²) < 4.78 is 10.5. The van der Waals surface area contributed by atoms with E-state index in [4.69, 9.17) is 9.15 Å². The molecule has 5 rings (SSSR count). The molecule has 0 aliphatic heterocycles. The van der Waals surface area contributed by atoms with Crippen LogP contribution in [0.15, 0.2) is 22.8 Å². The molecule has 4 saturated carbocycles. The lowest BCUT2D eigenvalue weighted by atomic mass is 9.52. The third kappa shape index (κ3) is 3.01. The maximum absolute atomic E-state index is 12.4. The van der Waals surface area contributed by atoms with E-state index in [1.165, 1.54) is 32.1 Å². The molecule has 1 heterocycles. The van der Waals surface area contributed by atoms with E-state index < -0.39 is 0 Å². The Hall–Kier alpha value is -1.78. The lowest BCUT2D eigenvalue weighted by molar-refractivity contribution is -0.164. The average Bonchev–Trinajstić information content (AvgIpc) is 3.03. The van der Waals surface area contributed by atoms with Crippen molar-refractivity contribution < 1.29 is 18.7 Å². The fraction of sp³-hybridized carbons (Fsp3) is 0.667. The van der Waals surface area contributed by atoms with Gasteiger partial charge in [-0.3, -0.25) is 9.59 Å². The van der Waals surface area contributed by atoms with Crippen molar-refractivity contribution in [1.29, 1.82) is 0 Å². The molecule has 0 saturated heterocycles. The van der Waals surface area contributed by atoms with E-state index >= 15 is 0 Å². The highest BCUT2D eigenvalue weighted by Crippen LogP contribution is 2.56. The maximum Gasteiger partial charge on any atom is 0.310 e. The zero-order chi connectivity index (χ0) is 15.8. The summed E-state index contributed by atoms with van der Waals surface area (Å²) >= 11 is 0. The van der Waals surface area contributed by atoms with E-state index in [2.05, 4.69) is 5.32 Å². The lowest BCUT2D eigenvalue weighted by Gasteiger charge is -2.53.